The molecular formula is C42H83NO3. The van der Waals surface area contributed by atoms with Crippen molar-refractivity contribution >= 4 is 5.91 Å². The third-order valence-electron chi connectivity index (χ3n) is 9.77. The van der Waals surface area contributed by atoms with Gasteiger partial charge in [0.2, 0.25) is 5.91 Å². The summed E-state index contributed by atoms with van der Waals surface area (Å²) < 4.78 is 0. The summed E-state index contributed by atoms with van der Waals surface area (Å²) in [6.45, 7) is 4.18. The molecule has 0 radical (unpaired) electrons. The van der Waals surface area contributed by atoms with E-state index in [0.29, 0.717) is 6.42 Å². The number of nitrogens with one attached hydrogen (secondary N) is 1. The normalized spacial score (nSPS) is 13.0. The number of hydrogen-bond donors (Lipinski definition) is 3. The summed E-state index contributed by atoms with van der Waals surface area (Å²) in [5.41, 5.74) is 0. The number of unbranched alkanes of at least 4 members (excludes halogenated alkanes) is 31. The van der Waals surface area contributed by atoms with Gasteiger partial charge in [-0.25, -0.2) is 0 Å². The summed E-state index contributed by atoms with van der Waals surface area (Å²) in [6.07, 6.45) is 48.1. The van der Waals surface area contributed by atoms with Crippen molar-refractivity contribution in [2.45, 2.75) is 244 Å². The van der Waals surface area contributed by atoms with Gasteiger partial charge in [-0.05, 0) is 12.8 Å². The van der Waals surface area contributed by atoms with Crippen LogP contribution in [-0.4, -0.2) is 34.9 Å². The number of aliphatic hydroxyl groups is 2. The fourth-order valence-electron chi connectivity index (χ4n) is 6.52. The lowest BCUT2D eigenvalue weighted by molar-refractivity contribution is -0.123. The van der Waals surface area contributed by atoms with E-state index >= 15 is 0 Å². The lowest BCUT2D eigenvalue weighted by Gasteiger charge is -2.19. The molecule has 1 amide bonds. The fraction of sp³-hybridized carbons (Fsp3) is 0.929. The topological polar surface area (TPSA) is 69.6 Å². The molecule has 0 aromatic rings. The highest BCUT2D eigenvalue weighted by Crippen LogP contribution is 2.17. The van der Waals surface area contributed by atoms with Crippen molar-refractivity contribution in [1.29, 1.82) is 0 Å². The van der Waals surface area contributed by atoms with E-state index in [4.69, 9.17) is 0 Å². The minimum atomic E-state index is -0.829. The van der Waals surface area contributed by atoms with Crippen molar-refractivity contribution < 1.29 is 15.0 Å². The van der Waals surface area contributed by atoms with Crippen LogP contribution in [0, 0.1) is 0 Å². The highest BCUT2D eigenvalue weighted by molar-refractivity contribution is 5.76. The van der Waals surface area contributed by atoms with Gasteiger partial charge < -0.3 is 15.5 Å². The molecule has 0 fully saturated rings. The van der Waals surface area contributed by atoms with Crippen LogP contribution in [0.2, 0.25) is 0 Å². The standard InChI is InChI=1S/C42H83NO3/c1-3-5-7-9-10-11-12-13-14-15-16-17-18-19-20-21-22-23-24-25-26-27-28-29-30-31-32-33-34-36-38-42(46)43-40(39-44)41(45)37-35-8-6-4-2/h35,37,40-41,44-45H,3-34,36,38-39H2,1-2H3,(H,43,46)/b37-35+. The summed E-state index contributed by atoms with van der Waals surface area (Å²) >= 11 is 0. The SMILES string of the molecule is CCCC/C=C/C(O)C(CO)NC(=O)CCCCCCCCCCCCCCCCCCCCCCCCCCCCCCCC. The summed E-state index contributed by atoms with van der Waals surface area (Å²) in [5, 5.41) is 22.5. The van der Waals surface area contributed by atoms with E-state index in [1.165, 1.54) is 180 Å². The highest BCUT2D eigenvalue weighted by Gasteiger charge is 2.17. The molecule has 0 heterocycles. The quantitative estimate of drug-likeness (QED) is 0.0460. The smallest absolute Gasteiger partial charge is 0.220 e. The lowest BCUT2D eigenvalue weighted by atomic mass is 10.0. The third-order valence-corrected chi connectivity index (χ3v) is 9.77. The average Bonchev–Trinajstić information content (AvgIpc) is 3.06. The van der Waals surface area contributed by atoms with Gasteiger partial charge in [0.25, 0.3) is 0 Å². The van der Waals surface area contributed by atoms with Gasteiger partial charge in [0.15, 0.2) is 0 Å². The van der Waals surface area contributed by atoms with Gasteiger partial charge in [0.1, 0.15) is 0 Å². The predicted octanol–water partition coefficient (Wildman–Crippen LogP) is 12.7. The van der Waals surface area contributed by atoms with Crippen molar-refractivity contribution in [1.82, 2.24) is 5.32 Å². The van der Waals surface area contributed by atoms with Crippen molar-refractivity contribution in [3.63, 3.8) is 0 Å². The highest BCUT2D eigenvalue weighted by atomic mass is 16.3. The van der Waals surface area contributed by atoms with E-state index in [-0.39, 0.29) is 12.5 Å². The second kappa shape index (κ2) is 38.6. The number of hydrogen-bond acceptors (Lipinski definition) is 3. The van der Waals surface area contributed by atoms with E-state index in [0.717, 1.165) is 32.1 Å². The van der Waals surface area contributed by atoms with E-state index in [9.17, 15) is 15.0 Å². The maximum absolute atomic E-state index is 12.2. The van der Waals surface area contributed by atoms with Gasteiger partial charge in [-0.2, -0.15) is 0 Å². The van der Waals surface area contributed by atoms with Crippen molar-refractivity contribution in [3.05, 3.63) is 12.2 Å². The first-order valence-electron chi connectivity index (χ1n) is 20.9. The Bertz CT molecular complexity index is 622. The Kier molecular flexibility index (Phi) is 37.8. The Balaban J connectivity index is 3.28. The summed E-state index contributed by atoms with van der Waals surface area (Å²) in [4.78, 5) is 12.2. The van der Waals surface area contributed by atoms with E-state index in [2.05, 4.69) is 19.2 Å². The van der Waals surface area contributed by atoms with Crippen LogP contribution < -0.4 is 5.32 Å². The van der Waals surface area contributed by atoms with Crippen LogP contribution in [0.3, 0.4) is 0 Å². The Labute approximate surface area is 288 Å². The van der Waals surface area contributed by atoms with Gasteiger partial charge in [-0.1, -0.05) is 225 Å². The molecule has 2 unspecified atom stereocenters. The van der Waals surface area contributed by atoms with Crippen LogP contribution in [-0.2, 0) is 4.79 Å². The zero-order valence-corrected chi connectivity index (χ0v) is 31.4. The number of rotatable bonds is 38. The average molecular weight is 650 g/mol. The molecule has 2 atom stereocenters. The van der Waals surface area contributed by atoms with E-state index < -0.39 is 12.1 Å². The van der Waals surface area contributed by atoms with Crippen molar-refractivity contribution in [3.8, 4) is 0 Å². The minimum Gasteiger partial charge on any atom is -0.394 e. The number of allylic oxidation sites excluding steroid dienone is 1. The molecule has 0 aliphatic rings. The minimum absolute atomic E-state index is 0.0692. The van der Waals surface area contributed by atoms with Crippen LogP contribution in [0.5, 0.6) is 0 Å². The summed E-state index contributed by atoms with van der Waals surface area (Å²) in [5.74, 6) is -0.0692. The van der Waals surface area contributed by atoms with Gasteiger partial charge in [-0.15, -0.1) is 0 Å². The van der Waals surface area contributed by atoms with Crippen molar-refractivity contribution in [2.24, 2.45) is 0 Å². The molecule has 4 nitrogen and oxygen atoms in total. The molecular weight excluding hydrogens is 566 g/mol. The zero-order valence-electron chi connectivity index (χ0n) is 31.4. The van der Waals surface area contributed by atoms with Crippen LogP contribution in [0.25, 0.3) is 0 Å². The number of amides is 1. The monoisotopic (exact) mass is 650 g/mol. The molecule has 0 saturated heterocycles. The molecule has 0 aliphatic heterocycles. The molecule has 46 heavy (non-hydrogen) atoms. The maximum Gasteiger partial charge on any atom is 0.220 e. The number of carbonyl (C=O) groups excluding carboxylic acids is 1. The van der Waals surface area contributed by atoms with E-state index in [1.807, 2.05) is 6.08 Å². The van der Waals surface area contributed by atoms with Gasteiger partial charge >= 0.3 is 0 Å². The van der Waals surface area contributed by atoms with E-state index in [1.54, 1.807) is 6.08 Å². The second-order valence-corrected chi connectivity index (χ2v) is 14.4. The van der Waals surface area contributed by atoms with Gasteiger partial charge in [-0.3, -0.25) is 4.79 Å². The molecule has 0 saturated carbocycles. The second-order valence-electron chi connectivity index (χ2n) is 14.4. The van der Waals surface area contributed by atoms with Crippen LogP contribution in [0.15, 0.2) is 12.2 Å². The molecule has 4 heteroatoms. The fourth-order valence-corrected chi connectivity index (χ4v) is 6.52. The molecule has 274 valence electrons. The van der Waals surface area contributed by atoms with Gasteiger partial charge in [0, 0.05) is 6.42 Å². The first-order chi connectivity index (χ1) is 22.7. The Morgan fingerprint density at radius 1 is 0.500 bits per heavy atom. The van der Waals surface area contributed by atoms with Crippen LogP contribution >= 0.6 is 0 Å². The van der Waals surface area contributed by atoms with Crippen molar-refractivity contribution in [2.75, 3.05) is 6.61 Å². The first kappa shape index (κ1) is 45.1. The Morgan fingerprint density at radius 2 is 0.804 bits per heavy atom. The lowest BCUT2D eigenvalue weighted by Crippen LogP contribution is -2.45. The zero-order chi connectivity index (χ0) is 33.6. The van der Waals surface area contributed by atoms with Crippen LogP contribution in [0.1, 0.15) is 232 Å². The molecule has 0 rings (SSSR count). The molecule has 0 aromatic heterocycles. The van der Waals surface area contributed by atoms with Gasteiger partial charge in [0.05, 0.1) is 18.8 Å². The maximum atomic E-state index is 12.2. The summed E-state index contributed by atoms with van der Waals surface area (Å²) in [7, 11) is 0. The predicted molar refractivity (Wildman–Crippen MR) is 202 cm³/mol. The Morgan fingerprint density at radius 3 is 1.11 bits per heavy atom. The largest absolute Gasteiger partial charge is 0.394 e. The molecule has 0 bridgehead atoms. The first-order valence-corrected chi connectivity index (χ1v) is 20.9. The molecule has 0 spiro atoms. The molecule has 0 aliphatic carbocycles. The molecule has 0 aromatic carbocycles. The third kappa shape index (κ3) is 34.5. The summed E-state index contributed by atoms with van der Waals surface area (Å²) in [6, 6.07) is -0.612. The number of carbonyl (C=O) groups is 1. The Hall–Kier alpha value is -0.870. The number of aliphatic hydroxyl groups excluding tert-OH is 2. The molecule has 3 N–H and O–H groups in total. The van der Waals surface area contributed by atoms with Crippen LogP contribution in [0.4, 0.5) is 0 Å².